The first-order valence-corrected chi connectivity index (χ1v) is 10.6. The number of benzene rings is 1. The molecule has 1 N–H and O–H groups in total. The minimum absolute atomic E-state index is 0.689. The van der Waals surface area contributed by atoms with E-state index in [2.05, 4.69) is 58.1 Å². The highest BCUT2D eigenvalue weighted by molar-refractivity contribution is 7.80. The summed E-state index contributed by atoms with van der Waals surface area (Å²) in [5.74, 6) is 0.935. The molecule has 1 aromatic heterocycles. The van der Waals surface area contributed by atoms with E-state index in [4.69, 9.17) is 16.6 Å². The van der Waals surface area contributed by atoms with Crippen LogP contribution in [-0.2, 0) is 6.54 Å². The number of anilines is 1. The van der Waals surface area contributed by atoms with Crippen molar-refractivity contribution in [2.45, 2.75) is 26.8 Å². The van der Waals surface area contributed by atoms with Crippen LogP contribution in [0.1, 0.15) is 24.7 Å². The topological polar surface area (TPSA) is 34.9 Å². The second-order valence-corrected chi connectivity index (χ2v) is 7.81. The lowest BCUT2D eigenvalue weighted by Gasteiger charge is -2.34. The van der Waals surface area contributed by atoms with Crippen LogP contribution in [0.2, 0.25) is 0 Å². The highest BCUT2D eigenvalue weighted by atomic mass is 32.1. The molecule has 1 aliphatic rings. The maximum absolute atomic E-state index is 5.72. The minimum atomic E-state index is 0.689. The van der Waals surface area contributed by atoms with Crippen molar-refractivity contribution in [1.29, 1.82) is 0 Å². The van der Waals surface area contributed by atoms with E-state index < -0.39 is 0 Å². The zero-order chi connectivity index (χ0) is 19.8. The van der Waals surface area contributed by atoms with Gasteiger partial charge in [-0.05, 0) is 62.9 Å². The second-order valence-electron chi connectivity index (χ2n) is 7.43. The van der Waals surface area contributed by atoms with Crippen LogP contribution in [0.15, 0.2) is 47.1 Å². The van der Waals surface area contributed by atoms with E-state index in [1.54, 1.807) is 6.26 Å². The van der Waals surface area contributed by atoms with Gasteiger partial charge in [0.05, 0.1) is 12.8 Å². The van der Waals surface area contributed by atoms with Gasteiger partial charge in [0, 0.05) is 38.4 Å². The van der Waals surface area contributed by atoms with Crippen LogP contribution in [0.4, 0.5) is 5.69 Å². The number of piperazine rings is 1. The molecule has 0 amide bonds. The summed E-state index contributed by atoms with van der Waals surface area (Å²) < 4.78 is 5.56. The summed E-state index contributed by atoms with van der Waals surface area (Å²) in [5.41, 5.74) is 2.27. The smallest absolute Gasteiger partial charge is 0.173 e. The van der Waals surface area contributed by atoms with Gasteiger partial charge in [-0.25, -0.2) is 0 Å². The van der Waals surface area contributed by atoms with E-state index in [1.165, 1.54) is 18.7 Å². The molecule has 1 fully saturated rings. The molecule has 0 spiro atoms. The van der Waals surface area contributed by atoms with Crippen molar-refractivity contribution >= 4 is 23.0 Å². The summed E-state index contributed by atoms with van der Waals surface area (Å²) in [6.45, 7) is 12.9. The fourth-order valence-corrected chi connectivity index (χ4v) is 3.77. The first kappa shape index (κ1) is 20.8. The molecular weight excluding hydrogens is 368 g/mol. The monoisotopic (exact) mass is 400 g/mol. The summed E-state index contributed by atoms with van der Waals surface area (Å²) in [6.07, 6.45) is 2.81. The Morgan fingerprint density at radius 1 is 1.11 bits per heavy atom. The van der Waals surface area contributed by atoms with Crippen LogP contribution >= 0.6 is 12.2 Å². The molecule has 0 bridgehead atoms. The predicted molar refractivity (Wildman–Crippen MR) is 120 cm³/mol. The van der Waals surface area contributed by atoms with Crippen LogP contribution in [-0.4, -0.2) is 65.6 Å². The van der Waals surface area contributed by atoms with Gasteiger partial charge in [0.1, 0.15) is 5.76 Å². The molecule has 3 rings (SSSR count). The number of likely N-dealkylation sites (N-methyl/N-ethyl adjacent to an activating group) is 1. The Hall–Kier alpha value is -1.89. The number of furan rings is 1. The number of aryl methyl sites for hydroxylation is 1. The Bertz CT molecular complexity index is 709. The average molecular weight is 401 g/mol. The Morgan fingerprint density at radius 3 is 2.46 bits per heavy atom. The largest absolute Gasteiger partial charge is 0.467 e. The molecule has 6 heteroatoms. The number of hydrogen-bond acceptors (Lipinski definition) is 4. The van der Waals surface area contributed by atoms with Crippen LogP contribution in [0.3, 0.4) is 0 Å². The van der Waals surface area contributed by atoms with Crippen molar-refractivity contribution in [3.63, 3.8) is 0 Å². The number of nitrogens with zero attached hydrogens (tertiary/aromatic N) is 3. The Morgan fingerprint density at radius 2 is 1.82 bits per heavy atom. The third-order valence-electron chi connectivity index (χ3n) is 5.33. The van der Waals surface area contributed by atoms with E-state index in [1.807, 2.05) is 12.1 Å². The third kappa shape index (κ3) is 6.33. The summed E-state index contributed by atoms with van der Waals surface area (Å²) in [7, 11) is 0. The first-order chi connectivity index (χ1) is 13.6. The predicted octanol–water partition coefficient (Wildman–Crippen LogP) is 3.81. The van der Waals surface area contributed by atoms with Crippen LogP contribution < -0.4 is 5.32 Å². The molecule has 1 aliphatic heterocycles. The third-order valence-corrected chi connectivity index (χ3v) is 5.69. The van der Waals surface area contributed by atoms with Gasteiger partial charge in [-0.3, -0.25) is 0 Å². The lowest BCUT2D eigenvalue weighted by atomic mass is 10.2. The highest BCUT2D eigenvalue weighted by Crippen LogP contribution is 2.13. The molecule has 0 aliphatic carbocycles. The Kier molecular flexibility index (Phi) is 7.89. The Labute approximate surface area is 174 Å². The van der Waals surface area contributed by atoms with Crippen LogP contribution in [0.25, 0.3) is 0 Å². The van der Waals surface area contributed by atoms with E-state index >= 15 is 0 Å². The van der Waals surface area contributed by atoms with Gasteiger partial charge in [-0.1, -0.05) is 24.6 Å². The van der Waals surface area contributed by atoms with Crippen molar-refractivity contribution < 1.29 is 4.42 Å². The molecule has 1 aromatic carbocycles. The molecule has 0 atom stereocenters. The van der Waals surface area contributed by atoms with Gasteiger partial charge < -0.3 is 24.4 Å². The molecule has 1 saturated heterocycles. The minimum Gasteiger partial charge on any atom is -0.467 e. The van der Waals surface area contributed by atoms with E-state index in [0.29, 0.717) is 6.54 Å². The van der Waals surface area contributed by atoms with Gasteiger partial charge >= 0.3 is 0 Å². The van der Waals surface area contributed by atoms with Crippen molar-refractivity contribution in [2.24, 2.45) is 0 Å². The molecule has 0 saturated carbocycles. The molecule has 0 radical (unpaired) electrons. The number of thiocarbonyl (C=S) groups is 1. The van der Waals surface area contributed by atoms with E-state index in [0.717, 1.165) is 55.7 Å². The van der Waals surface area contributed by atoms with Gasteiger partial charge in [-0.15, -0.1) is 0 Å². The number of nitrogens with one attached hydrogen (secondary N) is 1. The van der Waals surface area contributed by atoms with E-state index in [-0.39, 0.29) is 0 Å². The fraction of sp³-hybridized carbons (Fsp3) is 0.500. The van der Waals surface area contributed by atoms with Gasteiger partial charge in [0.2, 0.25) is 0 Å². The molecule has 2 aromatic rings. The van der Waals surface area contributed by atoms with Crippen molar-refractivity contribution in [2.75, 3.05) is 51.1 Å². The average Bonchev–Trinajstić information content (AvgIpc) is 3.22. The van der Waals surface area contributed by atoms with Crippen LogP contribution in [0.5, 0.6) is 0 Å². The molecule has 152 valence electrons. The molecule has 5 nitrogen and oxygen atoms in total. The lowest BCUT2D eigenvalue weighted by Crippen LogP contribution is -2.46. The molecule has 2 heterocycles. The standard InChI is InChI=1S/C22H32N4OS/c1-3-24-13-15-25(16-14-24)11-5-12-26(18-21-6-4-17-27-21)22(28)23-20-9-7-19(2)8-10-20/h4,6-10,17H,3,5,11-16,18H2,1-2H3,(H,23,28). The second kappa shape index (κ2) is 10.6. The van der Waals surface area contributed by atoms with E-state index in [9.17, 15) is 0 Å². The molecular formula is C22H32N4OS. The van der Waals surface area contributed by atoms with Crippen LogP contribution in [0, 0.1) is 6.92 Å². The summed E-state index contributed by atoms with van der Waals surface area (Å²) >= 11 is 5.72. The summed E-state index contributed by atoms with van der Waals surface area (Å²) in [5, 5.41) is 4.13. The maximum atomic E-state index is 5.72. The van der Waals surface area contributed by atoms with Crippen molar-refractivity contribution in [3.8, 4) is 0 Å². The lowest BCUT2D eigenvalue weighted by molar-refractivity contribution is 0.134. The van der Waals surface area contributed by atoms with Gasteiger partial charge in [0.25, 0.3) is 0 Å². The highest BCUT2D eigenvalue weighted by Gasteiger charge is 2.17. The zero-order valence-corrected chi connectivity index (χ0v) is 17.9. The number of rotatable bonds is 8. The SMILES string of the molecule is CCN1CCN(CCCN(Cc2ccco2)C(=S)Nc2ccc(C)cc2)CC1. The summed E-state index contributed by atoms with van der Waals surface area (Å²) in [4.78, 5) is 7.28. The number of hydrogen-bond donors (Lipinski definition) is 1. The van der Waals surface area contributed by atoms with Gasteiger partial charge in [-0.2, -0.15) is 0 Å². The normalized spacial score (nSPS) is 15.5. The Balaban J connectivity index is 1.52. The first-order valence-electron chi connectivity index (χ1n) is 10.2. The maximum Gasteiger partial charge on any atom is 0.173 e. The molecule has 0 unspecified atom stereocenters. The van der Waals surface area contributed by atoms with Crippen molar-refractivity contribution in [3.05, 3.63) is 54.0 Å². The van der Waals surface area contributed by atoms with Gasteiger partial charge in [0.15, 0.2) is 5.11 Å². The summed E-state index contributed by atoms with van der Waals surface area (Å²) in [6, 6.07) is 12.3. The quantitative estimate of drug-likeness (QED) is 0.679. The van der Waals surface area contributed by atoms with Crippen molar-refractivity contribution in [1.82, 2.24) is 14.7 Å². The zero-order valence-electron chi connectivity index (χ0n) is 17.1. The molecule has 28 heavy (non-hydrogen) atoms. The fourth-order valence-electron chi connectivity index (χ4n) is 3.50.